The van der Waals surface area contributed by atoms with Crippen LogP contribution in [0.4, 0.5) is 30.8 Å². The fraction of sp³-hybridized carbons (Fsp3) is 0.250. The third-order valence-electron chi connectivity index (χ3n) is 5.05. The van der Waals surface area contributed by atoms with Crippen LogP contribution in [-0.2, 0) is 16.6 Å². The summed E-state index contributed by atoms with van der Waals surface area (Å²) in [7, 11) is -4.01. The van der Waals surface area contributed by atoms with Crippen LogP contribution >= 0.6 is 0 Å². The monoisotopic (exact) mass is 564 g/mol. The fourth-order valence-corrected chi connectivity index (χ4v) is 4.06. The number of rotatable bonds is 2. The quantitative estimate of drug-likeness (QED) is 0.419. The second-order valence-corrected chi connectivity index (χ2v) is 9.77. The van der Waals surface area contributed by atoms with Crippen molar-refractivity contribution in [1.29, 1.82) is 0 Å². The molecule has 1 amide bonds. The van der Waals surface area contributed by atoms with Crippen molar-refractivity contribution in [3.63, 3.8) is 0 Å². The number of aromatic nitrogens is 3. The molecular weight excluding hydrogens is 541 g/mol. The number of nitrogens with zero attached hydrogens (tertiary/aromatic N) is 3. The SMILES string of the molecule is O=C1NS(=O)(=O)/C=C\CCCOc2ccc(cc2)CNc2nc(nc(OCC(F)(F)F)n2)Nc2ccc1cc2. The van der Waals surface area contributed by atoms with Crippen LogP contribution in [0.25, 0.3) is 0 Å². The highest BCUT2D eigenvalue weighted by molar-refractivity contribution is 7.92. The number of hydrogen-bond acceptors (Lipinski definition) is 10. The van der Waals surface area contributed by atoms with Crippen LogP contribution in [0.3, 0.4) is 0 Å². The first kappa shape index (κ1) is 27.6. The molecule has 5 heterocycles. The molecule has 206 valence electrons. The number of benzene rings is 2. The zero-order valence-corrected chi connectivity index (χ0v) is 21.1. The van der Waals surface area contributed by atoms with Crippen molar-refractivity contribution >= 4 is 33.5 Å². The normalized spacial score (nSPS) is 16.7. The Morgan fingerprint density at radius 1 is 0.974 bits per heavy atom. The van der Waals surface area contributed by atoms with Crippen molar-refractivity contribution in [2.45, 2.75) is 25.6 Å². The molecule has 0 saturated carbocycles. The Labute approximate surface area is 221 Å². The van der Waals surface area contributed by atoms with Gasteiger partial charge in [0, 0.05) is 23.2 Å². The van der Waals surface area contributed by atoms with Gasteiger partial charge in [0.05, 0.1) is 6.61 Å². The number of carbonyl (C=O) groups excluding carboxylic acids is 1. The number of nitrogens with one attached hydrogen (secondary N) is 3. The Kier molecular flexibility index (Phi) is 8.49. The largest absolute Gasteiger partial charge is 0.494 e. The van der Waals surface area contributed by atoms with Crippen LogP contribution in [0, 0.1) is 0 Å². The predicted octanol–water partition coefficient (Wildman–Crippen LogP) is 3.91. The lowest BCUT2D eigenvalue weighted by molar-refractivity contribution is -0.154. The summed E-state index contributed by atoms with van der Waals surface area (Å²) in [5, 5.41) is 6.66. The highest BCUT2D eigenvalue weighted by Crippen LogP contribution is 2.21. The fourth-order valence-electron chi connectivity index (χ4n) is 3.23. The van der Waals surface area contributed by atoms with E-state index in [9.17, 15) is 26.4 Å². The lowest BCUT2D eigenvalue weighted by Crippen LogP contribution is -2.28. The second kappa shape index (κ2) is 12.0. The Hall–Kier alpha value is -4.40. The number of sulfonamides is 1. The number of hydrogen-bond donors (Lipinski definition) is 3. The molecule has 6 bridgehead atoms. The van der Waals surface area contributed by atoms with E-state index in [0.717, 1.165) is 11.0 Å². The average molecular weight is 565 g/mol. The van der Waals surface area contributed by atoms with Crippen LogP contribution in [0.2, 0.25) is 0 Å². The van der Waals surface area contributed by atoms with E-state index in [0.29, 0.717) is 30.9 Å². The Bertz CT molecular complexity index is 1430. The van der Waals surface area contributed by atoms with Gasteiger partial charge >= 0.3 is 12.2 Å². The van der Waals surface area contributed by atoms with Gasteiger partial charge in [0.15, 0.2) is 6.61 Å². The van der Waals surface area contributed by atoms with Gasteiger partial charge < -0.3 is 20.1 Å². The lowest BCUT2D eigenvalue weighted by atomic mass is 10.2. The van der Waals surface area contributed by atoms with Gasteiger partial charge in [-0.25, -0.2) is 13.1 Å². The first-order chi connectivity index (χ1) is 18.5. The maximum atomic E-state index is 12.7. The van der Waals surface area contributed by atoms with Crippen molar-refractivity contribution in [2.75, 3.05) is 23.8 Å². The van der Waals surface area contributed by atoms with E-state index in [2.05, 4.69) is 25.6 Å². The summed E-state index contributed by atoms with van der Waals surface area (Å²) in [6.07, 6.45) is -2.21. The van der Waals surface area contributed by atoms with E-state index in [1.165, 1.54) is 30.3 Å². The molecule has 3 N–H and O–H groups in total. The molecule has 39 heavy (non-hydrogen) atoms. The highest BCUT2D eigenvalue weighted by atomic mass is 32.2. The standard InChI is InChI=1S/C24H23F3N6O5S/c25-24(26,27)15-38-23-31-21-28-14-16-4-10-19(11-5-16)37-12-2-1-3-13-39(35,36)33-20(34)17-6-8-18(9-7-17)29-22(30-21)32-23/h3-11,13H,1-2,12,14-15H2,(H,33,34)(H2,28,29,30,31,32)/b13-3-. The summed E-state index contributed by atoms with van der Waals surface area (Å²) in [5.74, 6) is -0.417. The molecule has 2 aromatic carbocycles. The molecule has 4 aliphatic rings. The molecule has 0 spiro atoms. The number of anilines is 3. The van der Waals surface area contributed by atoms with Crippen LogP contribution in [0.1, 0.15) is 28.8 Å². The molecular formula is C24H23F3N6O5S. The van der Waals surface area contributed by atoms with Gasteiger partial charge in [-0.05, 0) is 54.8 Å². The third kappa shape index (κ3) is 8.84. The van der Waals surface area contributed by atoms with Gasteiger partial charge in [0.1, 0.15) is 5.75 Å². The zero-order valence-electron chi connectivity index (χ0n) is 20.2. The Balaban J connectivity index is 1.61. The van der Waals surface area contributed by atoms with E-state index < -0.39 is 34.7 Å². The lowest BCUT2D eigenvalue weighted by Gasteiger charge is -2.12. The molecule has 1 aromatic heterocycles. The summed E-state index contributed by atoms with van der Waals surface area (Å²) in [6.45, 7) is -1.02. The molecule has 15 heteroatoms. The number of ether oxygens (including phenoxy) is 2. The second-order valence-electron chi connectivity index (χ2n) is 8.21. The van der Waals surface area contributed by atoms with E-state index in [1.54, 1.807) is 24.3 Å². The van der Waals surface area contributed by atoms with E-state index >= 15 is 0 Å². The molecule has 0 fully saturated rings. The summed E-state index contributed by atoms with van der Waals surface area (Å²) >= 11 is 0. The van der Waals surface area contributed by atoms with Gasteiger partial charge in [-0.3, -0.25) is 4.79 Å². The molecule has 0 unspecified atom stereocenters. The summed E-state index contributed by atoms with van der Waals surface area (Å²) in [4.78, 5) is 24.3. The molecule has 3 aromatic rings. The van der Waals surface area contributed by atoms with Crippen molar-refractivity contribution < 1.29 is 35.9 Å². The van der Waals surface area contributed by atoms with Crippen LogP contribution in [-0.4, -0.2) is 48.7 Å². The number of amides is 1. The van der Waals surface area contributed by atoms with Crippen molar-refractivity contribution in [3.05, 3.63) is 71.1 Å². The minimum Gasteiger partial charge on any atom is -0.494 e. The number of carbonyl (C=O) groups is 1. The minimum atomic E-state index is -4.60. The van der Waals surface area contributed by atoms with Gasteiger partial charge in [0.2, 0.25) is 11.9 Å². The van der Waals surface area contributed by atoms with Gasteiger partial charge in [0.25, 0.3) is 15.9 Å². The smallest absolute Gasteiger partial charge is 0.422 e. The summed E-state index contributed by atoms with van der Waals surface area (Å²) in [5.41, 5.74) is 1.23. The molecule has 7 rings (SSSR count). The topological polar surface area (TPSA) is 144 Å². The maximum absolute atomic E-state index is 12.7. The van der Waals surface area contributed by atoms with Gasteiger partial charge in [-0.1, -0.05) is 18.2 Å². The third-order valence-corrected chi connectivity index (χ3v) is 6.07. The van der Waals surface area contributed by atoms with E-state index in [4.69, 9.17) is 9.47 Å². The van der Waals surface area contributed by atoms with Crippen LogP contribution in [0.15, 0.2) is 60.0 Å². The van der Waals surface area contributed by atoms with E-state index in [1.807, 2.05) is 4.72 Å². The maximum Gasteiger partial charge on any atom is 0.422 e. The van der Waals surface area contributed by atoms with Crippen LogP contribution < -0.4 is 24.8 Å². The Morgan fingerprint density at radius 2 is 1.69 bits per heavy atom. The minimum absolute atomic E-state index is 0.0444. The average Bonchev–Trinajstić information content (AvgIpc) is 2.88. The molecule has 0 saturated heterocycles. The van der Waals surface area contributed by atoms with Crippen molar-refractivity contribution in [3.8, 4) is 11.8 Å². The molecule has 4 aliphatic heterocycles. The van der Waals surface area contributed by atoms with Gasteiger partial charge in [-0.15, -0.1) is 0 Å². The van der Waals surface area contributed by atoms with Crippen LogP contribution in [0.5, 0.6) is 11.8 Å². The number of alkyl halides is 3. The molecule has 11 nitrogen and oxygen atoms in total. The first-order valence-electron chi connectivity index (χ1n) is 11.6. The molecule has 0 radical (unpaired) electrons. The van der Waals surface area contributed by atoms with E-state index in [-0.39, 0.29) is 24.0 Å². The molecule has 0 atom stereocenters. The molecule has 0 aliphatic carbocycles. The predicted molar refractivity (Wildman–Crippen MR) is 135 cm³/mol. The van der Waals surface area contributed by atoms with Gasteiger partial charge in [-0.2, -0.15) is 28.1 Å². The summed E-state index contributed by atoms with van der Waals surface area (Å²) < 4.78 is 74.8. The van der Waals surface area contributed by atoms with Crippen molar-refractivity contribution in [1.82, 2.24) is 19.7 Å². The number of allylic oxidation sites excluding steroid dienone is 1. The summed E-state index contributed by atoms with van der Waals surface area (Å²) in [6, 6.07) is 12.1. The first-order valence-corrected chi connectivity index (χ1v) is 13.1. The zero-order chi connectivity index (χ0) is 27.9. The Morgan fingerprint density at radius 3 is 2.41 bits per heavy atom. The van der Waals surface area contributed by atoms with Crippen molar-refractivity contribution in [2.24, 2.45) is 0 Å². The number of halogens is 3. The highest BCUT2D eigenvalue weighted by Gasteiger charge is 2.29.